The lowest BCUT2D eigenvalue weighted by Gasteiger charge is -2.03. The zero-order valence-corrected chi connectivity index (χ0v) is 14.8. The van der Waals surface area contributed by atoms with Gasteiger partial charge in [-0.2, -0.15) is 4.52 Å². The first kappa shape index (κ1) is 15.9. The second kappa shape index (κ2) is 6.34. The van der Waals surface area contributed by atoms with Gasteiger partial charge in [-0.05, 0) is 42.3 Å². The zero-order chi connectivity index (χ0) is 17.4. The fourth-order valence-corrected chi connectivity index (χ4v) is 3.49. The molecule has 4 rings (SSSR count). The summed E-state index contributed by atoms with van der Waals surface area (Å²) in [6.45, 7) is 2.05. The molecule has 0 unspecified atom stereocenters. The maximum Gasteiger partial charge on any atom is 0.236 e. The predicted molar refractivity (Wildman–Crippen MR) is 99.0 cm³/mol. The summed E-state index contributed by atoms with van der Waals surface area (Å²) in [5.74, 6) is 0.778. The Labute approximate surface area is 152 Å². The van der Waals surface area contributed by atoms with E-state index < -0.39 is 0 Å². The molecule has 2 aromatic carbocycles. The number of aromatic hydroxyl groups is 1. The summed E-state index contributed by atoms with van der Waals surface area (Å²) >= 11 is 7.40. The van der Waals surface area contributed by atoms with E-state index in [-0.39, 0.29) is 5.75 Å². The van der Waals surface area contributed by atoms with E-state index >= 15 is 0 Å². The summed E-state index contributed by atoms with van der Waals surface area (Å²) in [5.41, 5.74) is 3.09. The number of anilines is 2. The highest BCUT2D eigenvalue weighted by atomic mass is 35.5. The summed E-state index contributed by atoms with van der Waals surface area (Å²) in [7, 11) is 0. The first-order valence-electron chi connectivity index (χ1n) is 7.61. The minimum absolute atomic E-state index is 0.0649. The minimum Gasteiger partial charge on any atom is -0.506 e. The van der Waals surface area contributed by atoms with Crippen molar-refractivity contribution in [1.82, 2.24) is 19.8 Å². The average molecular weight is 372 g/mol. The number of hydrogen-bond donors (Lipinski definition) is 2. The van der Waals surface area contributed by atoms with Crippen molar-refractivity contribution in [3.05, 3.63) is 64.4 Å². The molecule has 4 aromatic rings. The van der Waals surface area contributed by atoms with Gasteiger partial charge in [0.25, 0.3) is 0 Å². The molecule has 0 radical (unpaired) electrons. The summed E-state index contributed by atoms with van der Waals surface area (Å²) < 4.78 is 1.73. The van der Waals surface area contributed by atoms with E-state index in [0.717, 1.165) is 21.3 Å². The molecule has 2 aromatic heterocycles. The van der Waals surface area contributed by atoms with E-state index in [1.54, 1.807) is 22.7 Å². The number of phenolic OH excluding ortho intramolecular Hbond substituents is 1. The maximum atomic E-state index is 9.52. The maximum absolute atomic E-state index is 9.52. The number of rotatable bonds is 4. The molecule has 0 bridgehead atoms. The first-order chi connectivity index (χ1) is 12.1. The molecular formula is C17H14ClN5OS. The quantitative estimate of drug-likeness (QED) is 0.562. The van der Waals surface area contributed by atoms with Gasteiger partial charge in [0.15, 0.2) is 5.82 Å². The summed E-state index contributed by atoms with van der Waals surface area (Å²) in [6, 6.07) is 13.2. The number of benzene rings is 2. The van der Waals surface area contributed by atoms with Crippen LogP contribution in [-0.4, -0.2) is 24.9 Å². The van der Waals surface area contributed by atoms with Crippen LogP contribution < -0.4 is 5.32 Å². The Morgan fingerprint density at radius 3 is 2.88 bits per heavy atom. The summed E-state index contributed by atoms with van der Waals surface area (Å²) in [5, 5.41) is 26.8. The van der Waals surface area contributed by atoms with Crippen molar-refractivity contribution in [2.75, 3.05) is 5.32 Å². The van der Waals surface area contributed by atoms with E-state index in [1.165, 1.54) is 16.9 Å². The van der Waals surface area contributed by atoms with Crippen molar-refractivity contribution in [3.63, 3.8) is 0 Å². The van der Waals surface area contributed by atoms with E-state index in [9.17, 15) is 5.11 Å². The Balaban J connectivity index is 1.60. The molecule has 0 aliphatic heterocycles. The van der Waals surface area contributed by atoms with Gasteiger partial charge in [0.2, 0.25) is 10.1 Å². The lowest BCUT2D eigenvalue weighted by molar-refractivity contribution is 0.475. The first-order valence-corrected chi connectivity index (χ1v) is 8.80. The third-order valence-corrected chi connectivity index (χ3v) is 4.82. The largest absolute Gasteiger partial charge is 0.506 e. The molecule has 0 saturated carbocycles. The van der Waals surface area contributed by atoms with Crippen LogP contribution >= 0.6 is 22.9 Å². The molecule has 2 heterocycles. The second-order valence-corrected chi connectivity index (χ2v) is 7.04. The van der Waals surface area contributed by atoms with Gasteiger partial charge in [-0.3, -0.25) is 0 Å². The van der Waals surface area contributed by atoms with Crippen molar-refractivity contribution in [2.45, 2.75) is 13.3 Å². The highest BCUT2D eigenvalue weighted by Crippen LogP contribution is 2.26. The van der Waals surface area contributed by atoms with Gasteiger partial charge in [-0.15, -0.1) is 15.3 Å². The van der Waals surface area contributed by atoms with Crippen LogP contribution in [0.15, 0.2) is 42.5 Å². The Bertz CT molecular complexity index is 1060. The zero-order valence-electron chi connectivity index (χ0n) is 13.3. The van der Waals surface area contributed by atoms with Crippen molar-refractivity contribution < 1.29 is 5.11 Å². The van der Waals surface area contributed by atoms with Gasteiger partial charge in [0, 0.05) is 12.1 Å². The molecular weight excluding hydrogens is 358 g/mol. The fraction of sp³-hybridized carbons (Fsp3) is 0.118. The molecule has 0 atom stereocenters. The standard InChI is InChI=1S/C17H14ClN5OS/c1-10-3-2-4-12(7-10)19-16-22-23-15(20-21-17(23)25-16)9-11-5-6-14(24)13(18)8-11/h2-8,24H,9H2,1H3,(H,19,22). The monoisotopic (exact) mass is 371 g/mol. The van der Waals surface area contributed by atoms with Gasteiger partial charge in [-0.1, -0.05) is 41.1 Å². The van der Waals surface area contributed by atoms with E-state index in [4.69, 9.17) is 11.6 Å². The van der Waals surface area contributed by atoms with Crippen molar-refractivity contribution in [3.8, 4) is 5.75 Å². The lowest BCUT2D eigenvalue weighted by Crippen LogP contribution is -1.99. The molecule has 6 nitrogen and oxygen atoms in total. The predicted octanol–water partition coefficient (Wildman–Crippen LogP) is 4.19. The second-order valence-electron chi connectivity index (χ2n) is 5.67. The van der Waals surface area contributed by atoms with Gasteiger partial charge >= 0.3 is 0 Å². The molecule has 0 fully saturated rings. The minimum atomic E-state index is 0.0649. The Morgan fingerprint density at radius 2 is 2.08 bits per heavy atom. The molecule has 25 heavy (non-hydrogen) atoms. The van der Waals surface area contributed by atoms with Gasteiger partial charge in [0.05, 0.1) is 5.02 Å². The molecule has 8 heteroatoms. The Hall–Kier alpha value is -2.64. The van der Waals surface area contributed by atoms with Crippen LogP contribution in [0.2, 0.25) is 5.02 Å². The third kappa shape index (κ3) is 3.29. The number of aromatic nitrogens is 4. The number of aryl methyl sites for hydroxylation is 1. The van der Waals surface area contributed by atoms with Crippen LogP contribution in [0, 0.1) is 6.92 Å². The fourth-order valence-electron chi connectivity index (χ4n) is 2.51. The number of fused-ring (bicyclic) bond motifs is 1. The number of nitrogens with zero attached hydrogens (tertiary/aromatic N) is 4. The van der Waals surface area contributed by atoms with Gasteiger partial charge in [-0.25, -0.2) is 0 Å². The van der Waals surface area contributed by atoms with Crippen molar-refractivity contribution in [1.29, 1.82) is 0 Å². The van der Waals surface area contributed by atoms with Crippen LogP contribution in [0.5, 0.6) is 5.75 Å². The van der Waals surface area contributed by atoms with Gasteiger partial charge < -0.3 is 10.4 Å². The lowest BCUT2D eigenvalue weighted by atomic mass is 10.1. The Kier molecular flexibility index (Phi) is 4.03. The summed E-state index contributed by atoms with van der Waals surface area (Å²) in [4.78, 5) is 0.718. The number of halogens is 1. The van der Waals surface area contributed by atoms with Crippen molar-refractivity contribution in [2.24, 2.45) is 0 Å². The van der Waals surface area contributed by atoms with E-state index in [2.05, 4.69) is 26.7 Å². The summed E-state index contributed by atoms with van der Waals surface area (Å²) in [6.07, 6.45) is 0.523. The SMILES string of the molecule is Cc1cccc(Nc2nn3c(Cc4ccc(O)c(Cl)c4)nnc3s2)c1. The average Bonchev–Trinajstić information content (AvgIpc) is 3.12. The molecule has 0 aliphatic rings. The van der Waals surface area contributed by atoms with Crippen LogP contribution in [0.1, 0.15) is 17.0 Å². The molecule has 126 valence electrons. The third-order valence-electron chi connectivity index (χ3n) is 3.70. The number of hydrogen-bond acceptors (Lipinski definition) is 6. The highest BCUT2D eigenvalue weighted by Gasteiger charge is 2.13. The number of nitrogens with one attached hydrogen (secondary N) is 1. The smallest absolute Gasteiger partial charge is 0.236 e. The number of phenols is 1. The van der Waals surface area contributed by atoms with E-state index in [0.29, 0.717) is 17.3 Å². The van der Waals surface area contributed by atoms with Crippen LogP contribution in [0.3, 0.4) is 0 Å². The van der Waals surface area contributed by atoms with Gasteiger partial charge in [0.1, 0.15) is 5.75 Å². The van der Waals surface area contributed by atoms with Crippen LogP contribution in [0.25, 0.3) is 4.96 Å². The molecule has 0 saturated heterocycles. The molecule has 0 amide bonds. The van der Waals surface area contributed by atoms with E-state index in [1.807, 2.05) is 25.1 Å². The molecule has 0 spiro atoms. The van der Waals surface area contributed by atoms with Crippen molar-refractivity contribution >= 4 is 38.7 Å². The topological polar surface area (TPSA) is 75.3 Å². The highest BCUT2D eigenvalue weighted by molar-refractivity contribution is 7.20. The molecule has 0 aliphatic carbocycles. The van der Waals surface area contributed by atoms with Crippen LogP contribution in [0.4, 0.5) is 10.8 Å². The normalized spacial score (nSPS) is 11.1. The Morgan fingerprint density at radius 1 is 1.20 bits per heavy atom. The van der Waals surface area contributed by atoms with Crippen LogP contribution in [-0.2, 0) is 6.42 Å². The molecule has 2 N–H and O–H groups in total.